The molecule has 1 heterocycles. The minimum Gasteiger partial charge on any atom is -0.399 e. The van der Waals surface area contributed by atoms with Crippen LogP contribution in [0.1, 0.15) is 23.0 Å². The molecule has 2 rings (SSSR count). The van der Waals surface area contributed by atoms with Crippen molar-refractivity contribution in [2.75, 3.05) is 10.5 Å². The maximum atomic E-state index is 13.6. The first-order chi connectivity index (χ1) is 9.70. The summed E-state index contributed by atoms with van der Waals surface area (Å²) in [6.45, 7) is 2.66. The molecule has 0 saturated heterocycles. The Morgan fingerprint density at radius 1 is 1.43 bits per heavy atom. The second kappa shape index (κ2) is 5.41. The summed E-state index contributed by atoms with van der Waals surface area (Å²) in [6, 6.07) is 2.21. The van der Waals surface area contributed by atoms with E-state index >= 15 is 0 Å². The Hall–Kier alpha value is -2.00. The second-order valence-corrected chi connectivity index (χ2v) is 6.83. The Balaban J connectivity index is 2.40. The first-order valence-electron chi connectivity index (χ1n) is 5.75. The van der Waals surface area contributed by atoms with Gasteiger partial charge in [-0.1, -0.05) is 0 Å². The van der Waals surface area contributed by atoms with Crippen LogP contribution in [-0.2, 0) is 10.0 Å². The number of sulfonamides is 1. The molecule has 1 aromatic carbocycles. The molecule has 21 heavy (non-hydrogen) atoms. The lowest BCUT2D eigenvalue weighted by Crippen LogP contribution is -2.15. The van der Waals surface area contributed by atoms with Crippen LogP contribution in [0, 0.1) is 12.7 Å². The molecule has 0 aliphatic heterocycles. The third-order valence-corrected chi connectivity index (χ3v) is 5.05. The van der Waals surface area contributed by atoms with E-state index < -0.39 is 15.8 Å². The number of nitrogens with one attached hydrogen (secondary N) is 1. The monoisotopic (exact) mass is 329 g/mol. The molecule has 0 atom stereocenters. The van der Waals surface area contributed by atoms with E-state index in [9.17, 15) is 17.6 Å². The van der Waals surface area contributed by atoms with E-state index in [1.54, 1.807) is 0 Å². The molecular formula is C12H12FN3O3S2. The number of Topliss-reactive ketones (excluding diaryl/α,β-unsaturated/α-hetero) is 1. The van der Waals surface area contributed by atoms with Crippen LogP contribution in [-0.4, -0.2) is 19.2 Å². The van der Waals surface area contributed by atoms with E-state index in [1.807, 2.05) is 0 Å². The number of hydrogen-bond acceptors (Lipinski definition) is 6. The third-order valence-electron chi connectivity index (χ3n) is 2.70. The van der Waals surface area contributed by atoms with Gasteiger partial charge in [0.25, 0.3) is 10.0 Å². The normalized spacial score (nSPS) is 11.4. The molecule has 0 spiro atoms. The number of thiazole rings is 1. The van der Waals surface area contributed by atoms with Crippen LogP contribution >= 0.6 is 11.3 Å². The van der Waals surface area contributed by atoms with Crippen molar-refractivity contribution in [3.05, 3.63) is 34.6 Å². The van der Waals surface area contributed by atoms with Gasteiger partial charge >= 0.3 is 0 Å². The molecule has 3 N–H and O–H groups in total. The van der Waals surface area contributed by atoms with Gasteiger partial charge < -0.3 is 5.73 Å². The predicted molar refractivity (Wildman–Crippen MR) is 78.5 cm³/mol. The minimum atomic E-state index is -4.03. The van der Waals surface area contributed by atoms with Crippen LogP contribution in [0.2, 0.25) is 0 Å². The van der Waals surface area contributed by atoms with Crippen molar-refractivity contribution < 1.29 is 17.6 Å². The van der Waals surface area contributed by atoms with E-state index in [2.05, 4.69) is 9.71 Å². The summed E-state index contributed by atoms with van der Waals surface area (Å²) in [5, 5.41) is 1.47. The fourth-order valence-corrected chi connectivity index (χ4v) is 3.90. The number of carbonyl (C=O) groups excluding carboxylic acids is 1. The molecule has 0 aliphatic carbocycles. The Bertz CT molecular complexity index is 815. The number of benzene rings is 1. The highest BCUT2D eigenvalue weighted by molar-refractivity contribution is 7.93. The predicted octanol–water partition coefficient (Wildman–Crippen LogP) is 2.18. The third kappa shape index (κ3) is 3.19. The fourth-order valence-electron chi connectivity index (χ4n) is 1.60. The van der Waals surface area contributed by atoms with Crippen LogP contribution in [0.5, 0.6) is 0 Å². The number of carbonyl (C=O) groups is 1. The standard InChI is InChI=1S/C12H12FN3O3S2/c1-6-9(13)3-8(14)4-11(6)21(18,19)16-12-15-10(5-20-12)7(2)17/h3-5H,14H2,1-2H3,(H,15,16). The van der Waals surface area contributed by atoms with Gasteiger partial charge in [-0.25, -0.2) is 17.8 Å². The average Bonchev–Trinajstić information content (AvgIpc) is 2.81. The van der Waals surface area contributed by atoms with Crippen LogP contribution in [0.15, 0.2) is 22.4 Å². The van der Waals surface area contributed by atoms with Gasteiger partial charge in [0.2, 0.25) is 0 Å². The molecule has 2 aromatic rings. The van der Waals surface area contributed by atoms with Gasteiger partial charge in [0, 0.05) is 23.6 Å². The number of hydrogen-bond donors (Lipinski definition) is 2. The van der Waals surface area contributed by atoms with Crippen LogP contribution in [0.25, 0.3) is 0 Å². The maximum Gasteiger partial charge on any atom is 0.264 e. The average molecular weight is 329 g/mol. The zero-order valence-corrected chi connectivity index (χ0v) is 12.8. The van der Waals surface area contributed by atoms with Crippen molar-refractivity contribution in [1.29, 1.82) is 0 Å². The SMILES string of the molecule is CC(=O)c1csc(NS(=O)(=O)c2cc(N)cc(F)c2C)n1. The molecular weight excluding hydrogens is 317 g/mol. The summed E-state index contributed by atoms with van der Waals surface area (Å²) in [4.78, 5) is 14.7. The lowest BCUT2D eigenvalue weighted by Gasteiger charge is -2.10. The largest absolute Gasteiger partial charge is 0.399 e. The summed E-state index contributed by atoms with van der Waals surface area (Å²) in [6.07, 6.45) is 0. The first kappa shape index (κ1) is 15.4. The summed E-state index contributed by atoms with van der Waals surface area (Å²) < 4.78 is 40.3. The molecule has 0 aliphatic rings. The molecule has 6 nitrogen and oxygen atoms in total. The van der Waals surface area contributed by atoms with Gasteiger partial charge in [-0.3, -0.25) is 9.52 Å². The van der Waals surface area contributed by atoms with E-state index in [4.69, 9.17) is 5.73 Å². The Morgan fingerprint density at radius 3 is 2.67 bits per heavy atom. The number of nitrogens with zero attached hydrogens (tertiary/aromatic N) is 1. The molecule has 9 heteroatoms. The molecule has 0 saturated carbocycles. The van der Waals surface area contributed by atoms with Crippen molar-refractivity contribution in [2.45, 2.75) is 18.7 Å². The van der Waals surface area contributed by atoms with Crippen molar-refractivity contribution in [2.24, 2.45) is 0 Å². The van der Waals surface area contributed by atoms with Crippen molar-refractivity contribution >= 4 is 38.0 Å². The summed E-state index contributed by atoms with van der Waals surface area (Å²) >= 11 is 0.966. The van der Waals surface area contributed by atoms with Crippen LogP contribution < -0.4 is 10.5 Å². The highest BCUT2D eigenvalue weighted by Crippen LogP contribution is 2.25. The van der Waals surface area contributed by atoms with Crippen molar-refractivity contribution in [3.63, 3.8) is 0 Å². The lowest BCUT2D eigenvalue weighted by molar-refractivity contribution is 0.101. The summed E-state index contributed by atoms with van der Waals surface area (Å²) in [5.74, 6) is -0.984. The van der Waals surface area contributed by atoms with E-state index in [-0.39, 0.29) is 32.8 Å². The van der Waals surface area contributed by atoms with Crippen molar-refractivity contribution in [1.82, 2.24) is 4.98 Å². The summed E-state index contributed by atoms with van der Waals surface area (Å²) in [7, 11) is -4.03. The van der Waals surface area contributed by atoms with Gasteiger partial charge in [0.1, 0.15) is 11.5 Å². The van der Waals surface area contributed by atoms with Gasteiger partial charge in [-0.15, -0.1) is 11.3 Å². The van der Waals surface area contributed by atoms with Gasteiger partial charge in [-0.05, 0) is 19.1 Å². The highest BCUT2D eigenvalue weighted by atomic mass is 32.2. The van der Waals surface area contributed by atoms with E-state index in [0.717, 1.165) is 17.4 Å². The zero-order valence-electron chi connectivity index (χ0n) is 11.2. The highest BCUT2D eigenvalue weighted by Gasteiger charge is 2.21. The fraction of sp³-hybridized carbons (Fsp3) is 0.167. The Labute approximate surface area is 124 Å². The smallest absolute Gasteiger partial charge is 0.264 e. The number of nitrogens with two attached hydrogens (primary N) is 1. The van der Waals surface area contributed by atoms with Gasteiger partial charge in [0.15, 0.2) is 10.9 Å². The lowest BCUT2D eigenvalue weighted by atomic mass is 10.2. The molecule has 1 aromatic heterocycles. The second-order valence-electron chi connectivity index (χ2n) is 4.33. The molecule has 0 fully saturated rings. The topological polar surface area (TPSA) is 102 Å². The molecule has 0 amide bonds. The Morgan fingerprint density at radius 2 is 2.10 bits per heavy atom. The Kier molecular flexibility index (Phi) is 3.97. The number of halogens is 1. The summed E-state index contributed by atoms with van der Waals surface area (Å²) in [5.41, 5.74) is 5.59. The van der Waals surface area contributed by atoms with E-state index in [0.29, 0.717) is 0 Å². The van der Waals surface area contributed by atoms with Crippen LogP contribution in [0.4, 0.5) is 15.2 Å². The van der Waals surface area contributed by atoms with Gasteiger partial charge in [0.05, 0.1) is 4.90 Å². The molecule has 0 radical (unpaired) electrons. The van der Waals surface area contributed by atoms with Gasteiger partial charge in [-0.2, -0.15) is 0 Å². The number of aromatic nitrogens is 1. The van der Waals surface area contributed by atoms with Crippen molar-refractivity contribution in [3.8, 4) is 0 Å². The minimum absolute atomic E-state index is 0.00189. The molecule has 0 unspecified atom stereocenters. The zero-order chi connectivity index (χ0) is 15.8. The molecule has 0 bridgehead atoms. The number of nitrogen functional groups attached to an aromatic ring is 1. The van der Waals surface area contributed by atoms with E-state index in [1.165, 1.54) is 25.3 Å². The van der Waals surface area contributed by atoms with Crippen LogP contribution in [0.3, 0.4) is 0 Å². The first-order valence-corrected chi connectivity index (χ1v) is 8.12. The molecule has 112 valence electrons. The quantitative estimate of drug-likeness (QED) is 0.661. The number of ketones is 1. The maximum absolute atomic E-state index is 13.6. The number of anilines is 2. The number of rotatable bonds is 4.